The summed E-state index contributed by atoms with van der Waals surface area (Å²) in [6.07, 6.45) is -4.47. The lowest BCUT2D eigenvalue weighted by molar-refractivity contribution is -0.137. The van der Waals surface area contributed by atoms with Gasteiger partial charge in [-0.15, -0.1) is 0 Å². The molecule has 8 heteroatoms. The van der Waals surface area contributed by atoms with Crippen LogP contribution in [0.1, 0.15) is 5.56 Å². The van der Waals surface area contributed by atoms with Crippen LogP contribution in [0.2, 0.25) is 0 Å². The Kier molecular flexibility index (Phi) is 4.15. The number of anilines is 3. The molecule has 0 fully saturated rings. The standard InChI is InChI=1S/C12H10BrF3N4/c13-8-2-1-3-9(6-8)18-10-4-7(12(14,15)16)5-11(19-10)20-17/h1-6H,17H2,(H2,18,19,20). The maximum atomic E-state index is 12.8. The van der Waals surface area contributed by atoms with Crippen LogP contribution in [-0.4, -0.2) is 4.98 Å². The van der Waals surface area contributed by atoms with Gasteiger partial charge in [-0.25, -0.2) is 10.8 Å². The topological polar surface area (TPSA) is 63.0 Å². The minimum atomic E-state index is -4.47. The van der Waals surface area contributed by atoms with Gasteiger partial charge < -0.3 is 10.7 Å². The maximum Gasteiger partial charge on any atom is 0.416 e. The van der Waals surface area contributed by atoms with Crippen LogP contribution in [0.3, 0.4) is 0 Å². The third-order valence-electron chi connectivity index (χ3n) is 2.40. The minimum absolute atomic E-state index is 0.0471. The molecule has 2 aromatic rings. The van der Waals surface area contributed by atoms with Crippen molar-refractivity contribution in [1.82, 2.24) is 4.98 Å². The van der Waals surface area contributed by atoms with Gasteiger partial charge in [-0.1, -0.05) is 22.0 Å². The summed E-state index contributed by atoms with van der Waals surface area (Å²) in [7, 11) is 0. The molecule has 1 aromatic heterocycles. The summed E-state index contributed by atoms with van der Waals surface area (Å²) in [5.41, 5.74) is 1.89. The zero-order chi connectivity index (χ0) is 14.8. The fraction of sp³-hybridized carbons (Fsp3) is 0.0833. The Labute approximate surface area is 121 Å². The number of rotatable bonds is 3. The molecule has 0 aliphatic carbocycles. The number of hydrazine groups is 1. The number of hydrogen-bond acceptors (Lipinski definition) is 4. The quantitative estimate of drug-likeness (QED) is 0.582. The average Bonchev–Trinajstić information content (AvgIpc) is 2.37. The highest BCUT2D eigenvalue weighted by molar-refractivity contribution is 9.10. The monoisotopic (exact) mass is 346 g/mol. The average molecular weight is 347 g/mol. The van der Waals surface area contributed by atoms with Crippen molar-refractivity contribution in [1.29, 1.82) is 0 Å². The Morgan fingerprint density at radius 2 is 1.80 bits per heavy atom. The highest BCUT2D eigenvalue weighted by Crippen LogP contribution is 2.32. The first-order chi connectivity index (χ1) is 9.38. The number of nitrogens with two attached hydrogens (primary N) is 1. The fourth-order valence-corrected chi connectivity index (χ4v) is 1.95. The van der Waals surface area contributed by atoms with E-state index in [0.29, 0.717) is 5.69 Å². The second-order valence-electron chi connectivity index (χ2n) is 3.90. The Balaban J connectivity index is 2.36. The minimum Gasteiger partial charge on any atom is -0.340 e. The summed E-state index contributed by atoms with van der Waals surface area (Å²) in [6.45, 7) is 0. The highest BCUT2D eigenvalue weighted by Gasteiger charge is 2.31. The van der Waals surface area contributed by atoms with Crippen molar-refractivity contribution >= 4 is 33.3 Å². The van der Waals surface area contributed by atoms with Crippen molar-refractivity contribution in [3.05, 3.63) is 46.4 Å². The molecule has 0 aliphatic rings. The molecule has 0 spiro atoms. The SMILES string of the molecule is NNc1cc(C(F)(F)F)cc(Nc2cccc(Br)c2)n1. The normalized spacial score (nSPS) is 11.2. The first kappa shape index (κ1) is 14.6. The zero-order valence-corrected chi connectivity index (χ0v) is 11.6. The van der Waals surface area contributed by atoms with Gasteiger partial charge in [0, 0.05) is 10.2 Å². The Hall–Kier alpha value is -1.80. The first-order valence-electron chi connectivity index (χ1n) is 5.47. The van der Waals surface area contributed by atoms with E-state index in [-0.39, 0.29) is 11.6 Å². The molecule has 4 N–H and O–H groups in total. The van der Waals surface area contributed by atoms with Gasteiger partial charge >= 0.3 is 6.18 Å². The third kappa shape index (κ3) is 3.61. The van der Waals surface area contributed by atoms with E-state index in [1.54, 1.807) is 24.3 Å². The molecule has 0 saturated carbocycles. The predicted molar refractivity (Wildman–Crippen MR) is 74.5 cm³/mol. The molecule has 0 aliphatic heterocycles. The van der Waals surface area contributed by atoms with Crippen molar-refractivity contribution in [2.24, 2.45) is 5.84 Å². The van der Waals surface area contributed by atoms with E-state index in [2.05, 4.69) is 31.7 Å². The maximum absolute atomic E-state index is 12.8. The Bertz CT molecular complexity index is 616. The van der Waals surface area contributed by atoms with Crippen LogP contribution in [0.4, 0.5) is 30.5 Å². The lowest BCUT2D eigenvalue weighted by atomic mass is 10.2. The van der Waals surface area contributed by atoms with E-state index in [0.717, 1.165) is 16.6 Å². The number of benzene rings is 1. The van der Waals surface area contributed by atoms with Gasteiger partial charge in [0.1, 0.15) is 11.6 Å². The molecule has 106 valence electrons. The summed E-state index contributed by atoms with van der Waals surface area (Å²) in [6, 6.07) is 8.74. The fourth-order valence-electron chi connectivity index (χ4n) is 1.55. The zero-order valence-electron chi connectivity index (χ0n) is 10.0. The van der Waals surface area contributed by atoms with Gasteiger partial charge in [-0.05, 0) is 30.3 Å². The number of nitrogens with zero attached hydrogens (tertiary/aromatic N) is 1. The van der Waals surface area contributed by atoms with Gasteiger partial charge in [0.25, 0.3) is 0 Å². The molecule has 1 aromatic carbocycles. The first-order valence-corrected chi connectivity index (χ1v) is 6.26. The summed E-state index contributed by atoms with van der Waals surface area (Å²) >= 11 is 3.28. The van der Waals surface area contributed by atoms with E-state index in [4.69, 9.17) is 5.84 Å². The smallest absolute Gasteiger partial charge is 0.340 e. The number of halogens is 4. The van der Waals surface area contributed by atoms with Crippen molar-refractivity contribution in [3.8, 4) is 0 Å². The Morgan fingerprint density at radius 3 is 2.40 bits per heavy atom. The van der Waals surface area contributed by atoms with Crippen molar-refractivity contribution in [3.63, 3.8) is 0 Å². The number of pyridine rings is 1. The molecule has 0 amide bonds. The van der Waals surface area contributed by atoms with E-state index in [1.165, 1.54) is 0 Å². The molecule has 1 heterocycles. The third-order valence-corrected chi connectivity index (χ3v) is 2.89. The molecule has 0 atom stereocenters. The number of nitrogens with one attached hydrogen (secondary N) is 2. The summed E-state index contributed by atoms with van der Waals surface area (Å²) in [5, 5.41) is 2.80. The van der Waals surface area contributed by atoms with Gasteiger partial charge in [0.05, 0.1) is 5.56 Å². The summed E-state index contributed by atoms with van der Waals surface area (Å²) in [4.78, 5) is 3.93. The van der Waals surface area contributed by atoms with E-state index in [9.17, 15) is 13.2 Å². The lowest BCUT2D eigenvalue weighted by Crippen LogP contribution is -2.13. The molecule has 4 nitrogen and oxygen atoms in total. The predicted octanol–water partition coefficient (Wildman–Crippen LogP) is 3.89. The lowest BCUT2D eigenvalue weighted by Gasteiger charge is -2.12. The number of nitrogen functional groups attached to an aromatic ring is 1. The second kappa shape index (κ2) is 5.68. The van der Waals surface area contributed by atoms with E-state index in [1.807, 2.05) is 0 Å². The van der Waals surface area contributed by atoms with Crippen LogP contribution >= 0.6 is 15.9 Å². The van der Waals surface area contributed by atoms with E-state index >= 15 is 0 Å². The van der Waals surface area contributed by atoms with Gasteiger partial charge in [0.2, 0.25) is 0 Å². The largest absolute Gasteiger partial charge is 0.416 e. The van der Waals surface area contributed by atoms with Crippen LogP contribution in [0.15, 0.2) is 40.9 Å². The molecule has 20 heavy (non-hydrogen) atoms. The summed E-state index contributed by atoms with van der Waals surface area (Å²) in [5.74, 6) is 5.11. The Morgan fingerprint density at radius 1 is 1.10 bits per heavy atom. The van der Waals surface area contributed by atoms with Crippen LogP contribution in [0.5, 0.6) is 0 Å². The summed E-state index contributed by atoms with van der Waals surface area (Å²) < 4.78 is 39.1. The molecule has 2 rings (SSSR count). The highest BCUT2D eigenvalue weighted by atomic mass is 79.9. The molecule has 0 bridgehead atoms. The number of aromatic nitrogens is 1. The van der Waals surface area contributed by atoms with Crippen LogP contribution in [-0.2, 0) is 6.18 Å². The molecular weight excluding hydrogens is 337 g/mol. The van der Waals surface area contributed by atoms with Gasteiger partial charge in [0.15, 0.2) is 0 Å². The molecule has 0 unspecified atom stereocenters. The van der Waals surface area contributed by atoms with Gasteiger partial charge in [-0.2, -0.15) is 13.2 Å². The van der Waals surface area contributed by atoms with Gasteiger partial charge in [-0.3, -0.25) is 0 Å². The number of alkyl halides is 3. The van der Waals surface area contributed by atoms with Crippen molar-refractivity contribution < 1.29 is 13.2 Å². The molecule has 0 saturated heterocycles. The van der Waals surface area contributed by atoms with Crippen LogP contribution in [0.25, 0.3) is 0 Å². The van der Waals surface area contributed by atoms with Crippen LogP contribution in [0, 0.1) is 0 Å². The molecular formula is C12H10BrF3N4. The number of hydrogen-bond donors (Lipinski definition) is 3. The van der Waals surface area contributed by atoms with Crippen molar-refractivity contribution in [2.75, 3.05) is 10.7 Å². The molecule has 0 radical (unpaired) electrons. The van der Waals surface area contributed by atoms with Crippen molar-refractivity contribution in [2.45, 2.75) is 6.18 Å². The van der Waals surface area contributed by atoms with E-state index < -0.39 is 11.7 Å². The van der Waals surface area contributed by atoms with Crippen LogP contribution < -0.4 is 16.6 Å². The second-order valence-corrected chi connectivity index (χ2v) is 4.82.